The lowest BCUT2D eigenvalue weighted by atomic mass is 10.1. The van der Waals surface area contributed by atoms with E-state index in [9.17, 15) is 9.59 Å². The van der Waals surface area contributed by atoms with Crippen LogP contribution in [0.3, 0.4) is 0 Å². The highest BCUT2D eigenvalue weighted by Gasteiger charge is 2.35. The van der Waals surface area contributed by atoms with Gasteiger partial charge in [-0.15, -0.1) is 0 Å². The average molecular weight is 378 g/mol. The van der Waals surface area contributed by atoms with Crippen LogP contribution in [0.1, 0.15) is 16.7 Å². The molecule has 1 saturated heterocycles. The molecule has 0 bridgehead atoms. The molecular formula is C18H13Cl2NO2S. The molecule has 6 heteroatoms. The first-order valence-corrected chi connectivity index (χ1v) is 8.78. The smallest absolute Gasteiger partial charge is 0.268 e. The number of nitrogens with zero attached hydrogens (tertiary/aromatic N) is 1. The van der Waals surface area contributed by atoms with E-state index in [0.717, 1.165) is 28.5 Å². The molecule has 0 spiro atoms. The molecular weight excluding hydrogens is 365 g/mol. The number of carbonyl (C=O) groups excluding carboxylic acids is 2. The Kier molecular flexibility index (Phi) is 4.99. The average Bonchev–Trinajstić information content (AvgIpc) is 2.80. The first-order valence-electron chi connectivity index (χ1n) is 7.20. The number of carbonyl (C=O) groups is 2. The second-order valence-electron chi connectivity index (χ2n) is 5.37. The maximum absolute atomic E-state index is 12.5. The van der Waals surface area contributed by atoms with Crippen LogP contribution in [0.15, 0.2) is 47.4 Å². The van der Waals surface area contributed by atoms with Gasteiger partial charge in [0.15, 0.2) is 0 Å². The highest BCUT2D eigenvalue weighted by Crippen LogP contribution is 2.34. The first kappa shape index (κ1) is 17.1. The lowest BCUT2D eigenvalue weighted by molar-refractivity contribution is -0.123. The fraction of sp³-hybridized carbons (Fsp3) is 0.111. The lowest BCUT2D eigenvalue weighted by Crippen LogP contribution is -2.27. The molecule has 24 heavy (non-hydrogen) atoms. The molecule has 2 aromatic carbocycles. The van der Waals surface area contributed by atoms with Crippen molar-refractivity contribution in [3.8, 4) is 0 Å². The predicted octanol–water partition coefficient (Wildman–Crippen LogP) is 5.54. The molecule has 122 valence electrons. The molecule has 1 heterocycles. The Bertz CT molecular complexity index is 864. The van der Waals surface area contributed by atoms with E-state index < -0.39 is 0 Å². The van der Waals surface area contributed by atoms with E-state index in [0.29, 0.717) is 15.0 Å². The van der Waals surface area contributed by atoms with Crippen LogP contribution >= 0.6 is 35.0 Å². The van der Waals surface area contributed by atoms with Crippen LogP contribution in [-0.4, -0.2) is 16.0 Å². The third kappa shape index (κ3) is 3.51. The molecule has 1 aliphatic heterocycles. The summed E-state index contributed by atoms with van der Waals surface area (Å²) >= 11 is 12.8. The van der Waals surface area contributed by atoms with Crippen LogP contribution in [0.25, 0.3) is 6.08 Å². The van der Waals surface area contributed by atoms with Gasteiger partial charge in [-0.1, -0.05) is 53.5 Å². The van der Waals surface area contributed by atoms with E-state index in [1.54, 1.807) is 24.3 Å². The summed E-state index contributed by atoms with van der Waals surface area (Å²) in [4.78, 5) is 26.4. The van der Waals surface area contributed by atoms with Crippen LogP contribution in [0.2, 0.25) is 10.0 Å². The van der Waals surface area contributed by atoms with Crippen molar-refractivity contribution < 1.29 is 9.59 Å². The largest absolute Gasteiger partial charge is 0.293 e. The second kappa shape index (κ2) is 7.01. The molecule has 0 saturated carbocycles. The molecule has 2 aromatic rings. The zero-order valence-corrected chi connectivity index (χ0v) is 15.1. The molecule has 2 amide bonds. The minimum Gasteiger partial charge on any atom is -0.268 e. The molecule has 3 rings (SSSR count). The van der Waals surface area contributed by atoms with E-state index in [1.807, 2.05) is 31.2 Å². The van der Waals surface area contributed by atoms with E-state index in [4.69, 9.17) is 23.2 Å². The Balaban J connectivity index is 1.84. The van der Waals surface area contributed by atoms with Crippen molar-refractivity contribution in [3.63, 3.8) is 0 Å². The number of hydrogen-bond donors (Lipinski definition) is 0. The zero-order chi connectivity index (χ0) is 17.3. The molecule has 1 fully saturated rings. The monoisotopic (exact) mass is 377 g/mol. The van der Waals surface area contributed by atoms with E-state index >= 15 is 0 Å². The van der Waals surface area contributed by atoms with Crippen LogP contribution in [0.4, 0.5) is 4.79 Å². The van der Waals surface area contributed by atoms with Crippen molar-refractivity contribution in [2.75, 3.05) is 0 Å². The van der Waals surface area contributed by atoms with Crippen molar-refractivity contribution in [1.82, 2.24) is 4.90 Å². The van der Waals surface area contributed by atoms with Crippen LogP contribution in [-0.2, 0) is 11.3 Å². The van der Waals surface area contributed by atoms with Gasteiger partial charge in [-0.05, 0) is 53.6 Å². The van der Waals surface area contributed by atoms with Crippen molar-refractivity contribution >= 4 is 52.2 Å². The molecule has 0 atom stereocenters. The van der Waals surface area contributed by atoms with Gasteiger partial charge < -0.3 is 0 Å². The molecule has 0 unspecified atom stereocenters. The molecule has 0 aromatic heterocycles. The normalized spacial score (nSPS) is 16.3. The number of benzene rings is 2. The van der Waals surface area contributed by atoms with Gasteiger partial charge in [0.1, 0.15) is 0 Å². The maximum Gasteiger partial charge on any atom is 0.293 e. The Labute approximate surface area is 154 Å². The van der Waals surface area contributed by atoms with Crippen molar-refractivity contribution in [3.05, 3.63) is 74.1 Å². The SMILES string of the molecule is Cc1ccccc1CN1C(=O)S/C(=C\c2ccc(Cl)c(Cl)c2)C1=O. The summed E-state index contributed by atoms with van der Waals surface area (Å²) in [6.45, 7) is 2.23. The van der Waals surface area contributed by atoms with Gasteiger partial charge in [-0.25, -0.2) is 0 Å². The Hall–Kier alpha value is -1.75. The minimum atomic E-state index is -0.292. The Morgan fingerprint density at radius 2 is 1.83 bits per heavy atom. The number of halogens is 2. The number of thioether (sulfide) groups is 1. The summed E-state index contributed by atoms with van der Waals surface area (Å²) in [7, 11) is 0. The Morgan fingerprint density at radius 3 is 2.54 bits per heavy atom. The topological polar surface area (TPSA) is 37.4 Å². The summed E-state index contributed by atoms with van der Waals surface area (Å²) < 4.78 is 0. The number of imide groups is 1. The summed E-state index contributed by atoms with van der Waals surface area (Å²) in [5.41, 5.74) is 2.73. The van der Waals surface area contributed by atoms with Gasteiger partial charge in [0.25, 0.3) is 11.1 Å². The molecule has 3 nitrogen and oxygen atoms in total. The van der Waals surface area contributed by atoms with Gasteiger partial charge in [0.2, 0.25) is 0 Å². The molecule has 0 N–H and O–H groups in total. The van der Waals surface area contributed by atoms with Crippen LogP contribution in [0, 0.1) is 6.92 Å². The van der Waals surface area contributed by atoms with Crippen molar-refractivity contribution in [2.45, 2.75) is 13.5 Å². The zero-order valence-electron chi connectivity index (χ0n) is 12.8. The van der Waals surface area contributed by atoms with E-state index in [-0.39, 0.29) is 17.7 Å². The molecule has 1 aliphatic rings. The van der Waals surface area contributed by atoms with Crippen LogP contribution in [0.5, 0.6) is 0 Å². The van der Waals surface area contributed by atoms with Gasteiger partial charge >= 0.3 is 0 Å². The van der Waals surface area contributed by atoms with Crippen molar-refractivity contribution in [2.24, 2.45) is 0 Å². The lowest BCUT2D eigenvalue weighted by Gasteiger charge is -2.14. The van der Waals surface area contributed by atoms with Crippen molar-refractivity contribution in [1.29, 1.82) is 0 Å². The number of rotatable bonds is 3. The fourth-order valence-electron chi connectivity index (χ4n) is 2.35. The van der Waals surface area contributed by atoms with Gasteiger partial charge in [0.05, 0.1) is 21.5 Å². The number of aryl methyl sites for hydroxylation is 1. The van der Waals surface area contributed by atoms with E-state index in [1.165, 1.54) is 4.90 Å². The van der Waals surface area contributed by atoms with Crippen LogP contribution < -0.4 is 0 Å². The first-order chi connectivity index (χ1) is 11.5. The third-order valence-corrected chi connectivity index (χ3v) is 5.35. The maximum atomic E-state index is 12.5. The fourth-order valence-corrected chi connectivity index (χ4v) is 3.49. The Morgan fingerprint density at radius 1 is 1.08 bits per heavy atom. The summed E-state index contributed by atoms with van der Waals surface area (Å²) in [6.07, 6.45) is 1.66. The van der Waals surface area contributed by atoms with Gasteiger partial charge in [-0.2, -0.15) is 0 Å². The third-order valence-electron chi connectivity index (χ3n) is 3.70. The quantitative estimate of drug-likeness (QED) is 0.659. The highest BCUT2D eigenvalue weighted by molar-refractivity contribution is 8.18. The van der Waals surface area contributed by atoms with Gasteiger partial charge in [0, 0.05) is 0 Å². The summed E-state index contributed by atoms with van der Waals surface area (Å²) in [5.74, 6) is -0.292. The predicted molar refractivity (Wildman–Crippen MR) is 99.2 cm³/mol. The standard InChI is InChI=1S/C18H13Cl2NO2S/c1-11-4-2-3-5-13(11)10-21-17(22)16(24-18(21)23)9-12-6-7-14(19)15(20)8-12/h2-9H,10H2,1H3/b16-9-. The minimum absolute atomic E-state index is 0.269. The van der Waals surface area contributed by atoms with E-state index in [2.05, 4.69) is 0 Å². The molecule has 0 aliphatic carbocycles. The van der Waals surface area contributed by atoms with Gasteiger partial charge in [-0.3, -0.25) is 14.5 Å². The summed E-state index contributed by atoms with van der Waals surface area (Å²) in [5, 5.41) is 0.584. The summed E-state index contributed by atoms with van der Waals surface area (Å²) in [6, 6.07) is 12.8. The second-order valence-corrected chi connectivity index (χ2v) is 7.18. The number of hydrogen-bond acceptors (Lipinski definition) is 3. The highest BCUT2D eigenvalue weighted by atomic mass is 35.5. The number of amides is 2. The molecule has 0 radical (unpaired) electrons.